The number of methoxy groups -OCH3 is 3. The van der Waals surface area contributed by atoms with Gasteiger partial charge in [0.2, 0.25) is 0 Å². The van der Waals surface area contributed by atoms with E-state index in [1.807, 2.05) is 6.07 Å². The topological polar surface area (TPSA) is 77.9 Å². The van der Waals surface area contributed by atoms with E-state index in [2.05, 4.69) is 20.5 Å². The molecule has 0 bridgehead atoms. The Balaban J connectivity index is 1.65. The molecule has 1 N–H and O–H groups in total. The number of aromatic nitrogens is 2. The van der Waals surface area contributed by atoms with E-state index in [-0.39, 0.29) is 0 Å². The van der Waals surface area contributed by atoms with E-state index in [0.29, 0.717) is 17.2 Å². The van der Waals surface area contributed by atoms with E-state index in [1.54, 1.807) is 51.3 Å². The van der Waals surface area contributed by atoms with Crippen molar-refractivity contribution in [3.05, 3.63) is 34.5 Å². The van der Waals surface area contributed by atoms with Gasteiger partial charge in [0, 0.05) is 16.5 Å². The second-order valence-corrected chi connectivity index (χ2v) is 7.52. The molecule has 1 aliphatic carbocycles. The molecule has 0 aliphatic heterocycles. The summed E-state index contributed by atoms with van der Waals surface area (Å²) < 4.78 is 16.1. The fourth-order valence-electron chi connectivity index (χ4n) is 3.49. The van der Waals surface area contributed by atoms with Crippen molar-refractivity contribution >= 4 is 33.6 Å². The Hall–Kier alpha value is -2.87. The predicted octanol–water partition coefficient (Wildman–Crippen LogP) is 4.04. The highest BCUT2D eigenvalue weighted by atomic mass is 32.1. The maximum Gasteiger partial charge on any atom is 0.164 e. The Bertz CT molecular complexity index is 1030. The predicted molar refractivity (Wildman–Crippen MR) is 111 cm³/mol. The average molecular weight is 398 g/mol. The van der Waals surface area contributed by atoms with E-state index >= 15 is 0 Å². The summed E-state index contributed by atoms with van der Waals surface area (Å²) in [4.78, 5) is 11.3. The summed E-state index contributed by atoms with van der Waals surface area (Å²) in [5.41, 5.74) is 5.22. The molecule has 146 valence electrons. The van der Waals surface area contributed by atoms with Gasteiger partial charge in [-0.15, -0.1) is 11.3 Å². The highest BCUT2D eigenvalue weighted by molar-refractivity contribution is 7.19. The smallest absolute Gasteiger partial charge is 0.164 e. The van der Waals surface area contributed by atoms with Gasteiger partial charge in [0.05, 0.1) is 32.9 Å². The second kappa shape index (κ2) is 8.02. The number of aryl methyl sites for hydroxylation is 2. The largest absolute Gasteiger partial charge is 0.496 e. The molecule has 0 unspecified atom stereocenters. The van der Waals surface area contributed by atoms with Crippen LogP contribution in [0.3, 0.4) is 0 Å². The first kappa shape index (κ1) is 18.5. The van der Waals surface area contributed by atoms with E-state index in [4.69, 9.17) is 14.2 Å². The third kappa shape index (κ3) is 3.35. The van der Waals surface area contributed by atoms with Crippen molar-refractivity contribution in [2.75, 3.05) is 26.8 Å². The Labute approximate surface area is 167 Å². The van der Waals surface area contributed by atoms with Gasteiger partial charge in [-0.3, -0.25) is 5.43 Å². The Morgan fingerprint density at radius 3 is 2.54 bits per heavy atom. The highest BCUT2D eigenvalue weighted by Crippen LogP contribution is 2.38. The number of benzene rings is 1. The molecule has 0 radical (unpaired) electrons. The number of thiophene rings is 1. The molecular formula is C20H22N4O3S. The van der Waals surface area contributed by atoms with Crippen LogP contribution in [0.5, 0.6) is 17.2 Å². The van der Waals surface area contributed by atoms with Gasteiger partial charge < -0.3 is 14.2 Å². The summed E-state index contributed by atoms with van der Waals surface area (Å²) in [6, 6.07) is 3.60. The molecule has 0 amide bonds. The average Bonchev–Trinajstić information content (AvgIpc) is 3.12. The van der Waals surface area contributed by atoms with Crippen LogP contribution in [0.2, 0.25) is 0 Å². The lowest BCUT2D eigenvalue weighted by molar-refractivity contribution is 0.349. The SMILES string of the molecule is COc1cc(OC)c(OC)cc1C=NNc1ncnc2sc3c(c12)CCCC3. The number of hydrogen-bond donors (Lipinski definition) is 1. The van der Waals surface area contributed by atoms with E-state index in [1.165, 1.54) is 23.3 Å². The molecule has 3 aromatic rings. The molecule has 0 saturated carbocycles. The Kier molecular flexibility index (Phi) is 5.29. The van der Waals surface area contributed by atoms with Gasteiger partial charge in [-0.05, 0) is 37.3 Å². The zero-order valence-electron chi connectivity index (χ0n) is 16.1. The molecular weight excluding hydrogens is 376 g/mol. The number of hydrazone groups is 1. The van der Waals surface area contributed by atoms with Crippen LogP contribution in [-0.4, -0.2) is 37.5 Å². The molecule has 1 aliphatic rings. The zero-order chi connectivity index (χ0) is 19.5. The Morgan fingerprint density at radius 1 is 1.00 bits per heavy atom. The van der Waals surface area contributed by atoms with Gasteiger partial charge in [-0.2, -0.15) is 5.10 Å². The standard InChI is InChI=1S/C20H22N4O3S/c1-25-14-9-16(27-3)15(26-2)8-12(14)10-23-24-19-18-13-6-4-5-7-17(13)28-20(18)22-11-21-19/h8-11H,4-7H2,1-3H3,(H,21,22,24). The molecule has 1 aromatic carbocycles. The van der Waals surface area contributed by atoms with Gasteiger partial charge in [-0.1, -0.05) is 0 Å². The van der Waals surface area contributed by atoms with Crippen molar-refractivity contribution in [3.63, 3.8) is 0 Å². The van der Waals surface area contributed by atoms with Crippen molar-refractivity contribution in [3.8, 4) is 17.2 Å². The molecule has 7 nitrogen and oxygen atoms in total. The normalized spacial score (nSPS) is 13.5. The number of nitrogens with one attached hydrogen (secondary N) is 1. The molecule has 2 aromatic heterocycles. The highest BCUT2D eigenvalue weighted by Gasteiger charge is 2.19. The van der Waals surface area contributed by atoms with E-state index in [9.17, 15) is 0 Å². The van der Waals surface area contributed by atoms with Gasteiger partial charge in [0.1, 0.15) is 16.9 Å². The van der Waals surface area contributed by atoms with Crippen molar-refractivity contribution in [2.24, 2.45) is 5.10 Å². The zero-order valence-corrected chi connectivity index (χ0v) is 16.9. The van der Waals surface area contributed by atoms with Crippen LogP contribution in [0.4, 0.5) is 5.82 Å². The van der Waals surface area contributed by atoms with E-state index < -0.39 is 0 Å². The van der Waals surface area contributed by atoms with Crippen LogP contribution in [0.1, 0.15) is 28.8 Å². The van der Waals surface area contributed by atoms with Gasteiger partial charge in [0.15, 0.2) is 17.3 Å². The minimum atomic E-state index is 0.604. The van der Waals surface area contributed by atoms with Crippen LogP contribution < -0.4 is 19.6 Å². The maximum absolute atomic E-state index is 5.44. The summed E-state index contributed by atoms with van der Waals surface area (Å²) in [6.07, 6.45) is 7.92. The van der Waals surface area contributed by atoms with Crippen molar-refractivity contribution in [2.45, 2.75) is 25.7 Å². The lowest BCUT2D eigenvalue weighted by Gasteiger charge is -2.12. The number of ether oxygens (including phenoxy) is 3. The number of hydrogen-bond acceptors (Lipinski definition) is 8. The van der Waals surface area contributed by atoms with Gasteiger partial charge >= 0.3 is 0 Å². The summed E-state index contributed by atoms with van der Waals surface area (Å²) in [7, 11) is 4.80. The Morgan fingerprint density at radius 2 is 1.75 bits per heavy atom. The van der Waals surface area contributed by atoms with Crippen molar-refractivity contribution in [1.82, 2.24) is 9.97 Å². The number of anilines is 1. The molecule has 8 heteroatoms. The molecule has 0 atom stereocenters. The second-order valence-electron chi connectivity index (χ2n) is 6.43. The number of fused-ring (bicyclic) bond motifs is 3. The first-order chi connectivity index (χ1) is 13.7. The molecule has 4 rings (SSSR count). The fourth-order valence-corrected chi connectivity index (χ4v) is 4.72. The van der Waals surface area contributed by atoms with Crippen LogP contribution in [0.25, 0.3) is 10.2 Å². The molecule has 28 heavy (non-hydrogen) atoms. The third-order valence-corrected chi connectivity index (χ3v) is 6.06. The quantitative estimate of drug-likeness (QED) is 0.499. The van der Waals surface area contributed by atoms with Crippen LogP contribution in [-0.2, 0) is 12.8 Å². The molecule has 0 saturated heterocycles. The lowest BCUT2D eigenvalue weighted by Crippen LogP contribution is -2.01. The number of nitrogens with zero attached hydrogens (tertiary/aromatic N) is 3. The minimum Gasteiger partial charge on any atom is -0.496 e. The minimum absolute atomic E-state index is 0.604. The van der Waals surface area contributed by atoms with Gasteiger partial charge in [0.25, 0.3) is 0 Å². The summed E-state index contributed by atoms with van der Waals surface area (Å²) >= 11 is 1.77. The fraction of sp³-hybridized carbons (Fsp3) is 0.350. The van der Waals surface area contributed by atoms with E-state index in [0.717, 1.165) is 34.4 Å². The lowest BCUT2D eigenvalue weighted by atomic mass is 9.97. The first-order valence-electron chi connectivity index (χ1n) is 9.09. The maximum atomic E-state index is 5.44. The summed E-state index contributed by atoms with van der Waals surface area (Å²) in [5.74, 6) is 2.59. The summed E-state index contributed by atoms with van der Waals surface area (Å²) in [6.45, 7) is 0. The van der Waals surface area contributed by atoms with Crippen molar-refractivity contribution < 1.29 is 14.2 Å². The first-order valence-corrected chi connectivity index (χ1v) is 9.91. The monoisotopic (exact) mass is 398 g/mol. The van der Waals surface area contributed by atoms with Crippen LogP contribution >= 0.6 is 11.3 Å². The summed E-state index contributed by atoms with van der Waals surface area (Å²) in [5, 5.41) is 5.49. The van der Waals surface area contributed by atoms with Gasteiger partial charge in [-0.25, -0.2) is 9.97 Å². The van der Waals surface area contributed by atoms with Crippen LogP contribution in [0.15, 0.2) is 23.6 Å². The molecule has 2 heterocycles. The number of rotatable bonds is 6. The molecule has 0 fully saturated rings. The van der Waals surface area contributed by atoms with Crippen LogP contribution in [0, 0.1) is 0 Å². The van der Waals surface area contributed by atoms with Crippen molar-refractivity contribution in [1.29, 1.82) is 0 Å². The molecule has 0 spiro atoms. The third-order valence-electron chi connectivity index (χ3n) is 4.86.